The molecule has 0 saturated heterocycles. The van der Waals surface area contributed by atoms with E-state index in [-0.39, 0.29) is 11.6 Å². The number of rotatable bonds is 6. The number of nitrogens with two attached hydrogens (primary N) is 1. The van der Waals surface area contributed by atoms with E-state index in [9.17, 15) is 4.79 Å². The summed E-state index contributed by atoms with van der Waals surface area (Å²) >= 11 is 0. The monoisotopic (exact) mass is 476 g/mol. The molecule has 0 atom stereocenters. The van der Waals surface area contributed by atoms with Gasteiger partial charge in [0.05, 0.1) is 25.6 Å². The van der Waals surface area contributed by atoms with Gasteiger partial charge in [-0.05, 0) is 56.0 Å². The van der Waals surface area contributed by atoms with Crippen molar-refractivity contribution in [3.05, 3.63) is 68.6 Å². The summed E-state index contributed by atoms with van der Waals surface area (Å²) in [7, 11) is 3.22. The predicted molar refractivity (Wildman–Crippen MR) is 137 cm³/mol. The van der Waals surface area contributed by atoms with Crippen LogP contribution in [0.25, 0.3) is 11.3 Å². The Hall–Kier alpha value is -4.01. The lowest BCUT2D eigenvalue weighted by Crippen LogP contribution is -2.44. The summed E-state index contributed by atoms with van der Waals surface area (Å²) in [6, 6.07) is 10.0. The van der Waals surface area contributed by atoms with Crippen LogP contribution < -0.4 is 31.7 Å². The highest BCUT2D eigenvalue weighted by Crippen LogP contribution is 2.37. The third-order valence-corrected chi connectivity index (χ3v) is 6.30. The van der Waals surface area contributed by atoms with E-state index in [1.807, 2.05) is 32.0 Å². The van der Waals surface area contributed by atoms with Crippen LogP contribution in [0, 0.1) is 26.2 Å². The van der Waals surface area contributed by atoms with Crippen LogP contribution in [-0.2, 0) is 19.5 Å². The van der Waals surface area contributed by atoms with Gasteiger partial charge in [0.25, 0.3) is 0 Å². The first kappa shape index (κ1) is 24.1. The van der Waals surface area contributed by atoms with Gasteiger partial charge in [-0.2, -0.15) is 0 Å². The zero-order chi connectivity index (χ0) is 25.3. The molecule has 0 bridgehead atoms. The van der Waals surface area contributed by atoms with Crippen LogP contribution in [0.1, 0.15) is 22.3 Å². The molecule has 0 spiro atoms. The summed E-state index contributed by atoms with van der Waals surface area (Å²) in [6.45, 7) is 7.31. The third kappa shape index (κ3) is 4.66. The van der Waals surface area contributed by atoms with Crippen molar-refractivity contribution in [3.63, 3.8) is 0 Å². The average molecular weight is 477 g/mol. The van der Waals surface area contributed by atoms with Gasteiger partial charge < -0.3 is 20.5 Å². The van der Waals surface area contributed by atoms with E-state index in [1.165, 1.54) is 0 Å². The molecule has 4 N–H and O–H groups in total. The molecule has 2 heterocycles. The number of hydrogen-bond donors (Lipinski definition) is 3. The molecule has 2 aromatic carbocycles. The van der Waals surface area contributed by atoms with Gasteiger partial charge in [-0.3, -0.25) is 14.5 Å². The molecule has 0 saturated carbocycles. The maximum absolute atomic E-state index is 13.7. The lowest BCUT2D eigenvalue weighted by Gasteiger charge is -2.24. The third-order valence-electron chi connectivity index (χ3n) is 6.30. The molecule has 0 unspecified atom stereocenters. The number of benzene rings is 2. The summed E-state index contributed by atoms with van der Waals surface area (Å²) in [5, 5.41) is 10.2. The van der Waals surface area contributed by atoms with Crippen molar-refractivity contribution in [2.24, 2.45) is 10.7 Å². The van der Waals surface area contributed by atoms with Gasteiger partial charge in [-0.25, -0.2) is 9.79 Å². The second kappa shape index (κ2) is 9.69. The molecule has 0 radical (unpaired) electrons. The largest absolute Gasteiger partial charge is 0.493 e. The minimum Gasteiger partial charge on any atom is -0.493 e. The number of hydrogen-bond acceptors (Lipinski definition) is 5. The van der Waals surface area contributed by atoms with E-state index in [0.717, 1.165) is 39.2 Å². The van der Waals surface area contributed by atoms with Crippen LogP contribution in [0.2, 0.25) is 0 Å². The van der Waals surface area contributed by atoms with Crippen molar-refractivity contribution < 1.29 is 9.47 Å². The second-order valence-corrected chi connectivity index (χ2v) is 8.79. The van der Waals surface area contributed by atoms with Crippen molar-refractivity contribution in [3.8, 4) is 22.8 Å². The molecule has 184 valence electrons. The number of fused-ring (bicyclic) bond motifs is 3. The smallest absolute Gasteiger partial charge is 0.330 e. The first-order chi connectivity index (χ1) is 16.7. The lowest BCUT2D eigenvalue weighted by atomic mass is 9.97. The van der Waals surface area contributed by atoms with Crippen LogP contribution in [-0.4, -0.2) is 35.9 Å². The van der Waals surface area contributed by atoms with Gasteiger partial charge in [0, 0.05) is 31.3 Å². The minimum atomic E-state index is -0.158. The number of nitrogens with zero attached hydrogens (tertiary/aromatic N) is 3. The van der Waals surface area contributed by atoms with E-state index >= 15 is 0 Å². The fourth-order valence-electron chi connectivity index (χ4n) is 4.73. The zero-order valence-corrected chi connectivity index (χ0v) is 20.9. The Labute approximate surface area is 204 Å². The van der Waals surface area contributed by atoms with Crippen LogP contribution in [0.3, 0.4) is 0 Å². The lowest BCUT2D eigenvalue weighted by molar-refractivity contribution is 0.354. The van der Waals surface area contributed by atoms with Gasteiger partial charge in [-0.15, -0.1) is 0 Å². The van der Waals surface area contributed by atoms with E-state index in [2.05, 4.69) is 24.4 Å². The van der Waals surface area contributed by atoms with Gasteiger partial charge >= 0.3 is 5.69 Å². The molecule has 9 heteroatoms. The summed E-state index contributed by atoms with van der Waals surface area (Å²) in [6.07, 6.45) is 0.695. The van der Waals surface area contributed by atoms with Crippen molar-refractivity contribution >= 4 is 11.6 Å². The number of nitrogens with one attached hydrogen (secondary N) is 2. The van der Waals surface area contributed by atoms with Gasteiger partial charge in [0.15, 0.2) is 17.5 Å². The molecule has 0 amide bonds. The molecule has 35 heavy (non-hydrogen) atoms. The Bertz CT molecular complexity index is 1410. The molecular formula is C26H32N6O3. The number of guanidine groups is 1. The van der Waals surface area contributed by atoms with Crippen LogP contribution in [0.5, 0.6) is 11.5 Å². The maximum atomic E-state index is 13.7. The fourth-order valence-corrected chi connectivity index (χ4v) is 4.73. The van der Waals surface area contributed by atoms with Crippen LogP contribution in [0.15, 0.2) is 40.1 Å². The van der Waals surface area contributed by atoms with Gasteiger partial charge in [0.1, 0.15) is 5.49 Å². The molecule has 1 aromatic heterocycles. The summed E-state index contributed by atoms with van der Waals surface area (Å²) in [4.78, 5) is 18.7. The Morgan fingerprint density at radius 2 is 1.74 bits per heavy atom. The normalized spacial score (nSPS) is 12.7. The topological polar surface area (TPSA) is 120 Å². The molecule has 9 nitrogen and oxygen atoms in total. The molecular weight excluding hydrogens is 444 g/mol. The summed E-state index contributed by atoms with van der Waals surface area (Å²) in [5.41, 5.74) is 12.7. The van der Waals surface area contributed by atoms with E-state index < -0.39 is 0 Å². The average Bonchev–Trinajstić information content (AvgIpc) is 2.81. The minimum absolute atomic E-state index is 0.137. The van der Waals surface area contributed by atoms with E-state index in [1.54, 1.807) is 23.4 Å². The van der Waals surface area contributed by atoms with Crippen LogP contribution in [0.4, 0.5) is 5.69 Å². The van der Waals surface area contributed by atoms with Gasteiger partial charge in [0.2, 0.25) is 0 Å². The Morgan fingerprint density at radius 1 is 1.09 bits per heavy atom. The molecule has 3 aromatic rings. The number of methoxy groups -OCH3 is 2. The Morgan fingerprint density at radius 3 is 2.37 bits per heavy atom. The van der Waals surface area contributed by atoms with Crippen molar-refractivity contribution in [1.82, 2.24) is 14.5 Å². The first-order valence-electron chi connectivity index (χ1n) is 11.5. The molecule has 1 aliphatic heterocycles. The summed E-state index contributed by atoms with van der Waals surface area (Å²) < 4.78 is 14.4. The second-order valence-electron chi connectivity index (χ2n) is 8.79. The summed E-state index contributed by atoms with van der Waals surface area (Å²) in [5.74, 6) is 1.14. The highest BCUT2D eigenvalue weighted by molar-refractivity contribution is 5.74. The standard InChI is InChI=1S/C26H32N6O3/c1-15-10-16(2)24(17(3)11-15)30-23-14-20-19-13-22(35-5)21(34-4)12-18(19)6-8-31(20)26(33)32(23)9-7-29-25(27)28/h10-14H,6-9H2,1-5H3,(H4,27,28,29)/b30-23+. The molecule has 0 fully saturated rings. The number of aryl methyl sites for hydroxylation is 4. The van der Waals surface area contributed by atoms with Crippen molar-refractivity contribution in [2.45, 2.75) is 40.3 Å². The zero-order valence-electron chi connectivity index (χ0n) is 20.9. The van der Waals surface area contributed by atoms with Crippen LogP contribution >= 0.6 is 0 Å². The van der Waals surface area contributed by atoms with Crippen molar-refractivity contribution in [1.29, 1.82) is 5.41 Å². The highest BCUT2D eigenvalue weighted by Gasteiger charge is 2.22. The Kier molecular flexibility index (Phi) is 6.68. The molecule has 1 aliphatic rings. The molecule has 4 rings (SSSR count). The number of aromatic nitrogens is 2. The quantitative estimate of drug-likeness (QED) is 0.373. The first-order valence-corrected chi connectivity index (χ1v) is 11.5. The van der Waals surface area contributed by atoms with Gasteiger partial charge in [-0.1, -0.05) is 17.7 Å². The SMILES string of the molecule is COc1cc2c(cc1OC)-c1c/c(=N\c3c(C)cc(C)cc3C)n(CCNC(=N)N)c(=O)n1CC2. The Balaban J connectivity index is 1.98. The highest BCUT2D eigenvalue weighted by atomic mass is 16.5. The maximum Gasteiger partial charge on any atom is 0.330 e. The van der Waals surface area contributed by atoms with Crippen molar-refractivity contribution in [2.75, 3.05) is 20.8 Å². The number of ether oxygens (including phenoxy) is 2. The van der Waals surface area contributed by atoms with E-state index in [0.29, 0.717) is 43.0 Å². The predicted octanol–water partition coefficient (Wildman–Crippen LogP) is 2.53. The fraction of sp³-hybridized carbons (Fsp3) is 0.346. The molecule has 0 aliphatic carbocycles. The van der Waals surface area contributed by atoms with E-state index in [4.69, 9.17) is 25.6 Å².